The Morgan fingerprint density at radius 2 is 2.31 bits per heavy atom. The highest BCUT2D eigenvalue weighted by atomic mass is 32.1. The summed E-state index contributed by atoms with van der Waals surface area (Å²) in [5.74, 6) is -1.40. The fourth-order valence-corrected chi connectivity index (χ4v) is 2.60. The van der Waals surface area contributed by atoms with Crippen molar-refractivity contribution < 1.29 is 14.3 Å². The number of halogens is 1. The molecule has 3 rings (SSSR count). The van der Waals surface area contributed by atoms with E-state index >= 15 is 0 Å². The van der Waals surface area contributed by atoms with Gasteiger partial charge in [-0.2, -0.15) is 0 Å². The molecule has 1 N–H and O–H groups in total. The Kier molecular flexibility index (Phi) is 1.75. The minimum atomic E-state index is -1.08. The summed E-state index contributed by atoms with van der Waals surface area (Å²) in [4.78, 5) is 15.1. The van der Waals surface area contributed by atoms with E-state index < -0.39 is 5.97 Å². The smallest absolute Gasteiger partial charge is 0.356 e. The summed E-state index contributed by atoms with van der Waals surface area (Å²) in [5, 5.41) is 8.79. The molecular formula is C10H5FN2O2S. The number of hydrogen-bond donors (Lipinski definition) is 1. The first-order valence-corrected chi connectivity index (χ1v) is 5.28. The number of thiazole rings is 1. The number of rotatable bonds is 1. The van der Waals surface area contributed by atoms with Crippen LogP contribution in [0.5, 0.6) is 0 Å². The van der Waals surface area contributed by atoms with Crippen LogP contribution in [0, 0.1) is 5.82 Å². The largest absolute Gasteiger partial charge is 0.476 e. The minimum absolute atomic E-state index is 0.0302. The van der Waals surface area contributed by atoms with Crippen molar-refractivity contribution in [2.75, 3.05) is 0 Å². The molecule has 0 bridgehead atoms. The van der Waals surface area contributed by atoms with Crippen LogP contribution in [0.4, 0.5) is 4.39 Å². The molecule has 0 unspecified atom stereocenters. The van der Waals surface area contributed by atoms with Crippen LogP contribution < -0.4 is 0 Å². The Balaban J connectivity index is 2.43. The predicted octanol–water partition coefficient (Wildman–Crippen LogP) is 2.39. The fraction of sp³-hybridized carbons (Fsp3) is 0. The second-order valence-electron chi connectivity index (χ2n) is 3.27. The maximum atomic E-state index is 13.4. The zero-order valence-corrected chi connectivity index (χ0v) is 8.66. The Bertz CT molecular complexity index is 716. The van der Waals surface area contributed by atoms with Gasteiger partial charge in [0.2, 0.25) is 0 Å². The Labute approximate surface area is 92.6 Å². The third kappa shape index (κ3) is 1.13. The van der Waals surface area contributed by atoms with E-state index in [4.69, 9.17) is 5.11 Å². The van der Waals surface area contributed by atoms with Gasteiger partial charge in [-0.25, -0.2) is 14.2 Å². The zero-order valence-electron chi connectivity index (χ0n) is 7.85. The molecule has 0 aliphatic rings. The van der Waals surface area contributed by atoms with Gasteiger partial charge in [0.15, 0.2) is 10.7 Å². The number of carboxylic acid groups (broad SMARTS) is 1. The number of carboxylic acids is 1. The molecule has 4 nitrogen and oxygen atoms in total. The molecule has 0 aliphatic carbocycles. The third-order valence-corrected chi connectivity index (χ3v) is 3.37. The van der Waals surface area contributed by atoms with Gasteiger partial charge in [0.1, 0.15) is 5.82 Å². The third-order valence-electron chi connectivity index (χ3n) is 2.29. The molecule has 3 aromatic rings. The number of nitrogens with zero attached hydrogens (tertiary/aromatic N) is 2. The number of aromatic carboxylic acids is 1. The Morgan fingerprint density at radius 3 is 3.06 bits per heavy atom. The topological polar surface area (TPSA) is 54.6 Å². The molecule has 0 saturated carbocycles. The van der Waals surface area contributed by atoms with Gasteiger partial charge >= 0.3 is 5.97 Å². The fourth-order valence-electron chi connectivity index (χ4n) is 1.59. The van der Waals surface area contributed by atoms with E-state index in [0.717, 1.165) is 11.3 Å². The van der Waals surface area contributed by atoms with Gasteiger partial charge in [0.05, 0.1) is 10.2 Å². The van der Waals surface area contributed by atoms with Gasteiger partial charge in [-0.15, -0.1) is 0 Å². The van der Waals surface area contributed by atoms with E-state index in [1.165, 1.54) is 12.3 Å². The summed E-state index contributed by atoms with van der Waals surface area (Å²) in [6.07, 6.45) is 1.40. The number of carbonyl (C=O) groups is 1. The summed E-state index contributed by atoms with van der Waals surface area (Å²) >= 11 is 1.14. The zero-order chi connectivity index (χ0) is 11.3. The summed E-state index contributed by atoms with van der Waals surface area (Å²) in [6.45, 7) is 0. The quantitative estimate of drug-likeness (QED) is 0.705. The predicted molar refractivity (Wildman–Crippen MR) is 57.5 cm³/mol. The lowest BCUT2D eigenvalue weighted by molar-refractivity contribution is 0.0691. The number of aromatic nitrogens is 2. The lowest BCUT2D eigenvalue weighted by atomic mass is 10.3. The molecule has 6 heteroatoms. The molecule has 80 valence electrons. The summed E-state index contributed by atoms with van der Waals surface area (Å²) in [5.41, 5.74) is 0.609. The van der Waals surface area contributed by atoms with Crippen LogP contribution in [0.25, 0.3) is 15.2 Å². The van der Waals surface area contributed by atoms with Crippen LogP contribution in [-0.2, 0) is 0 Å². The normalized spacial score (nSPS) is 11.3. The molecule has 2 heterocycles. The van der Waals surface area contributed by atoms with Crippen LogP contribution >= 0.6 is 11.3 Å². The lowest BCUT2D eigenvalue weighted by Gasteiger charge is -1.91. The molecular weight excluding hydrogens is 231 g/mol. The molecule has 16 heavy (non-hydrogen) atoms. The Hall–Kier alpha value is -1.95. The highest BCUT2D eigenvalue weighted by Crippen LogP contribution is 2.28. The van der Waals surface area contributed by atoms with E-state index in [1.807, 2.05) is 0 Å². The monoisotopic (exact) mass is 236 g/mol. The van der Waals surface area contributed by atoms with E-state index in [-0.39, 0.29) is 11.5 Å². The molecule has 0 amide bonds. The van der Waals surface area contributed by atoms with Crippen molar-refractivity contribution in [2.45, 2.75) is 0 Å². The summed E-state index contributed by atoms with van der Waals surface area (Å²) < 4.78 is 15.5. The average molecular weight is 236 g/mol. The van der Waals surface area contributed by atoms with Crippen LogP contribution in [0.15, 0.2) is 24.4 Å². The Morgan fingerprint density at radius 1 is 1.50 bits per heavy atom. The maximum Gasteiger partial charge on any atom is 0.356 e. The van der Waals surface area contributed by atoms with Gasteiger partial charge in [-0.05, 0) is 12.1 Å². The van der Waals surface area contributed by atoms with E-state index in [1.54, 1.807) is 16.5 Å². The molecule has 0 saturated heterocycles. The van der Waals surface area contributed by atoms with Crippen molar-refractivity contribution in [3.8, 4) is 0 Å². The number of benzene rings is 1. The van der Waals surface area contributed by atoms with Crippen LogP contribution in [0.3, 0.4) is 0 Å². The second kappa shape index (κ2) is 3.02. The highest BCUT2D eigenvalue weighted by Gasteiger charge is 2.14. The van der Waals surface area contributed by atoms with Crippen molar-refractivity contribution in [2.24, 2.45) is 0 Å². The molecule has 0 atom stereocenters. The van der Waals surface area contributed by atoms with Crippen molar-refractivity contribution in [1.29, 1.82) is 0 Å². The van der Waals surface area contributed by atoms with Crippen LogP contribution in [-0.4, -0.2) is 20.5 Å². The van der Waals surface area contributed by atoms with Gasteiger partial charge in [0.25, 0.3) is 0 Å². The van der Waals surface area contributed by atoms with Gasteiger partial charge in [-0.1, -0.05) is 17.4 Å². The standard InChI is InChI=1S/C10H5FN2O2S/c11-5-2-1-3-7-8(5)16-10-12-6(9(14)15)4-13(7)10/h1-4H,(H,14,15). The molecule has 0 fully saturated rings. The molecule has 0 radical (unpaired) electrons. The van der Waals surface area contributed by atoms with Crippen LogP contribution in [0.2, 0.25) is 0 Å². The molecule has 1 aromatic carbocycles. The number of fused-ring (bicyclic) bond motifs is 3. The number of hydrogen-bond acceptors (Lipinski definition) is 3. The van der Waals surface area contributed by atoms with Crippen molar-refractivity contribution in [1.82, 2.24) is 9.38 Å². The molecule has 2 aromatic heterocycles. The number of imidazole rings is 1. The maximum absolute atomic E-state index is 13.4. The SMILES string of the molecule is O=C(O)c1cn2c(n1)sc1c(F)cccc12. The van der Waals surface area contributed by atoms with E-state index in [2.05, 4.69) is 4.98 Å². The first-order valence-electron chi connectivity index (χ1n) is 4.46. The van der Waals surface area contributed by atoms with Crippen molar-refractivity contribution in [3.05, 3.63) is 35.9 Å². The van der Waals surface area contributed by atoms with Gasteiger partial charge in [0, 0.05) is 6.20 Å². The summed E-state index contributed by atoms with van der Waals surface area (Å²) in [7, 11) is 0. The van der Waals surface area contributed by atoms with Gasteiger partial charge < -0.3 is 5.11 Å². The van der Waals surface area contributed by atoms with E-state index in [0.29, 0.717) is 15.2 Å². The first kappa shape index (κ1) is 9.29. The van der Waals surface area contributed by atoms with E-state index in [9.17, 15) is 9.18 Å². The van der Waals surface area contributed by atoms with Crippen LogP contribution in [0.1, 0.15) is 10.5 Å². The first-order chi connectivity index (χ1) is 7.66. The van der Waals surface area contributed by atoms with Crippen molar-refractivity contribution >= 4 is 32.5 Å². The minimum Gasteiger partial charge on any atom is -0.476 e. The second-order valence-corrected chi connectivity index (χ2v) is 4.25. The summed E-state index contributed by atoms with van der Waals surface area (Å²) in [6, 6.07) is 4.69. The average Bonchev–Trinajstić information content (AvgIpc) is 2.76. The highest BCUT2D eigenvalue weighted by molar-refractivity contribution is 7.23. The lowest BCUT2D eigenvalue weighted by Crippen LogP contribution is -1.95. The molecule has 0 aliphatic heterocycles. The van der Waals surface area contributed by atoms with Crippen molar-refractivity contribution in [3.63, 3.8) is 0 Å². The van der Waals surface area contributed by atoms with Gasteiger partial charge in [-0.3, -0.25) is 4.40 Å². The molecule has 0 spiro atoms.